The summed E-state index contributed by atoms with van der Waals surface area (Å²) in [5.41, 5.74) is 0.420. The van der Waals surface area contributed by atoms with Crippen LogP contribution in [0.25, 0.3) is 0 Å². The van der Waals surface area contributed by atoms with Crippen molar-refractivity contribution in [3.8, 4) is 5.75 Å². The lowest BCUT2D eigenvalue weighted by atomic mass is 9.95. The molecule has 1 saturated heterocycles. The number of nitrogens with one attached hydrogen (secondary N) is 2. The van der Waals surface area contributed by atoms with Gasteiger partial charge >= 0.3 is 0 Å². The first-order valence-corrected chi connectivity index (χ1v) is 6.47. The molecule has 0 aromatic heterocycles. The van der Waals surface area contributed by atoms with Crippen molar-refractivity contribution in [2.75, 3.05) is 20.2 Å². The van der Waals surface area contributed by atoms with E-state index in [0.29, 0.717) is 11.5 Å². The Morgan fingerprint density at radius 2 is 2.32 bits per heavy atom. The van der Waals surface area contributed by atoms with E-state index in [2.05, 4.69) is 17.6 Å². The van der Waals surface area contributed by atoms with Gasteiger partial charge in [0.25, 0.3) is 5.91 Å². The van der Waals surface area contributed by atoms with Crippen LogP contribution < -0.4 is 15.4 Å². The van der Waals surface area contributed by atoms with Gasteiger partial charge in [0.2, 0.25) is 0 Å². The van der Waals surface area contributed by atoms with E-state index in [1.54, 1.807) is 0 Å². The maximum Gasteiger partial charge on any atom is 0.251 e. The van der Waals surface area contributed by atoms with Gasteiger partial charge in [-0.1, -0.05) is 6.92 Å². The molecule has 2 rings (SSSR count). The van der Waals surface area contributed by atoms with Crippen LogP contribution in [0.15, 0.2) is 18.2 Å². The first-order valence-electron chi connectivity index (χ1n) is 6.47. The summed E-state index contributed by atoms with van der Waals surface area (Å²) in [4.78, 5) is 12.1. The van der Waals surface area contributed by atoms with Gasteiger partial charge in [0.1, 0.15) is 0 Å². The molecule has 2 atom stereocenters. The van der Waals surface area contributed by atoms with Crippen LogP contribution in [-0.2, 0) is 0 Å². The number of carbonyl (C=O) groups excluding carboxylic acids is 1. The van der Waals surface area contributed by atoms with Gasteiger partial charge in [0, 0.05) is 11.6 Å². The van der Waals surface area contributed by atoms with Crippen LogP contribution >= 0.6 is 0 Å². The first kappa shape index (κ1) is 13.8. The summed E-state index contributed by atoms with van der Waals surface area (Å²) in [6.45, 7) is 3.90. The van der Waals surface area contributed by atoms with E-state index in [9.17, 15) is 9.18 Å². The summed E-state index contributed by atoms with van der Waals surface area (Å²) < 4.78 is 18.2. The molecular formula is C14H19FN2O2. The topological polar surface area (TPSA) is 50.4 Å². The Morgan fingerprint density at radius 1 is 1.53 bits per heavy atom. The van der Waals surface area contributed by atoms with Gasteiger partial charge in [-0.15, -0.1) is 0 Å². The largest absolute Gasteiger partial charge is 0.494 e. The lowest BCUT2D eigenvalue weighted by Gasteiger charge is -2.30. The number of halogens is 1. The Bertz CT molecular complexity index is 465. The number of benzene rings is 1. The molecule has 0 bridgehead atoms. The summed E-state index contributed by atoms with van der Waals surface area (Å²) >= 11 is 0. The predicted octanol–water partition coefficient (Wildman–Crippen LogP) is 1.56. The zero-order chi connectivity index (χ0) is 13.8. The normalized spacial score (nSPS) is 22.9. The van der Waals surface area contributed by atoms with Crippen LogP contribution in [-0.4, -0.2) is 32.1 Å². The number of amides is 1. The number of piperidine rings is 1. The van der Waals surface area contributed by atoms with E-state index in [1.807, 2.05) is 0 Å². The molecule has 0 radical (unpaired) electrons. The highest BCUT2D eigenvalue weighted by molar-refractivity contribution is 5.94. The molecule has 19 heavy (non-hydrogen) atoms. The average Bonchev–Trinajstić information content (AvgIpc) is 2.42. The lowest BCUT2D eigenvalue weighted by Crippen LogP contribution is -2.48. The van der Waals surface area contributed by atoms with Crippen LogP contribution in [0.3, 0.4) is 0 Å². The number of methoxy groups -OCH3 is 1. The molecule has 2 N–H and O–H groups in total. The summed E-state index contributed by atoms with van der Waals surface area (Å²) in [5, 5.41) is 6.28. The third-order valence-corrected chi connectivity index (χ3v) is 3.52. The van der Waals surface area contributed by atoms with Crippen molar-refractivity contribution in [3.63, 3.8) is 0 Å². The lowest BCUT2D eigenvalue weighted by molar-refractivity contribution is 0.0914. The van der Waals surface area contributed by atoms with Crippen molar-refractivity contribution in [1.82, 2.24) is 10.6 Å². The Hall–Kier alpha value is -1.62. The monoisotopic (exact) mass is 266 g/mol. The Balaban J connectivity index is 2.07. The molecule has 1 fully saturated rings. The van der Waals surface area contributed by atoms with Crippen molar-refractivity contribution in [3.05, 3.63) is 29.6 Å². The fourth-order valence-electron chi connectivity index (χ4n) is 2.28. The maximum absolute atomic E-state index is 13.3. The number of carbonyl (C=O) groups is 1. The zero-order valence-corrected chi connectivity index (χ0v) is 11.2. The van der Waals surface area contributed by atoms with E-state index >= 15 is 0 Å². The zero-order valence-electron chi connectivity index (χ0n) is 11.2. The molecule has 5 heteroatoms. The molecule has 1 heterocycles. The molecule has 0 aliphatic carbocycles. The van der Waals surface area contributed by atoms with E-state index in [-0.39, 0.29) is 17.7 Å². The van der Waals surface area contributed by atoms with Crippen molar-refractivity contribution in [1.29, 1.82) is 0 Å². The van der Waals surface area contributed by atoms with Crippen molar-refractivity contribution in [2.45, 2.75) is 19.4 Å². The highest BCUT2D eigenvalue weighted by Crippen LogP contribution is 2.19. The van der Waals surface area contributed by atoms with Crippen LogP contribution in [0.4, 0.5) is 4.39 Å². The van der Waals surface area contributed by atoms with Crippen LogP contribution in [0.5, 0.6) is 5.75 Å². The van der Waals surface area contributed by atoms with Gasteiger partial charge in [-0.25, -0.2) is 4.39 Å². The average molecular weight is 266 g/mol. The number of hydrogen-bond donors (Lipinski definition) is 2. The molecule has 1 aromatic rings. The highest BCUT2D eigenvalue weighted by Gasteiger charge is 2.23. The van der Waals surface area contributed by atoms with Gasteiger partial charge in [-0.3, -0.25) is 4.79 Å². The van der Waals surface area contributed by atoms with Crippen LogP contribution in [0.2, 0.25) is 0 Å². The third-order valence-electron chi connectivity index (χ3n) is 3.52. The molecule has 1 aliphatic heterocycles. The Kier molecular flexibility index (Phi) is 4.37. The summed E-state index contributed by atoms with van der Waals surface area (Å²) in [7, 11) is 1.38. The third kappa shape index (κ3) is 3.23. The van der Waals surface area contributed by atoms with Crippen LogP contribution in [0.1, 0.15) is 23.7 Å². The predicted molar refractivity (Wildman–Crippen MR) is 70.9 cm³/mol. The fourth-order valence-corrected chi connectivity index (χ4v) is 2.28. The molecule has 1 aliphatic rings. The number of rotatable bonds is 3. The standard InChI is InChI=1S/C14H19FN2O2/c1-9-8-16-6-5-12(9)17-14(18)10-3-4-11(15)13(7-10)19-2/h3-4,7,9,12,16H,5-6,8H2,1-2H3,(H,17,18). The number of hydrogen-bond acceptors (Lipinski definition) is 3. The minimum absolute atomic E-state index is 0.0889. The second-order valence-corrected chi connectivity index (χ2v) is 4.90. The molecule has 104 valence electrons. The van der Waals surface area contributed by atoms with E-state index in [4.69, 9.17) is 4.74 Å². The highest BCUT2D eigenvalue weighted by atomic mass is 19.1. The molecule has 2 unspecified atom stereocenters. The molecule has 1 amide bonds. The second kappa shape index (κ2) is 6.02. The van der Waals surface area contributed by atoms with Crippen molar-refractivity contribution >= 4 is 5.91 Å². The summed E-state index contributed by atoms with van der Waals surface area (Å²) in [5.74, 6) is -0.169. The fraction of sp³-hybridized carbons (Fsp3) is 0.500. The van der Waals surface area contributed by atoms with Crippen molar-refractivity contribution < 1.29 is 13.9 Å². The van der Waals surface area contributed by atoms with Gasteiger partial charge < -0.3 is 15.4 Å². The summed E-state index contributed by atoms with van der Waals surface area (Å²) in [6.07, 6.45) is 0.908. The Labute approximate surface area is 112 Å². The minimum atomic E-state index is -0.464. The smallest absolute Gasteiger partial charge is 0.251 e. The van der Waals surface area contributed by atoms with Gasteiger partial charge in [-0.05, 0) is 43.6 Å². The van der Waals surface area contributed by atoms with Gasteiger partial charge in [0.15, 0.2) is 11.6 Å². The Morgan fingerprint density at radius 3 is 3.00 bits per heavy atom. The molecule has 0 spiro atoms. The van der Waals surface area contributed by atoms with E-state index < -0.39 is 5.82 Å². The molecule has 1 aromatic carbocycles. The maximum atomic E-state index is 13.3. The van der Waals surface area contributed by atoms with E-state index in [0.717, 1.165) is 19.5 Å². The number of ether oxygens (including phenoxy) is 1. The minimum Gasteiger partial charge on any atom is -0.494 e. The van der Waals surface area contributed by atoms with E-state index in [1.165, 1.54) is 25.3 Å². The SMILES string of the molecule is COc1cc(C(=O)NC2CCNCC2C)ccc1F. The molecule has 4 nitrogen and oxygen atoms in total. The van der Waals surface area contributed by atoms with Gasteiger partial charge in [-0.2, -0.15) is 0 Å². The second-order valence-electron chi connectivity index (χ2n) is 4.90. The van der Waals surface area contributed by atoms with Gasteiger partial charge in [0.05, 0.1) is 7.11 Å². The summed E-state index contributed by atoms with van der Waals surface area (Å²) in [6, 6.07) is 4.30. The van der Waals surface area contributed by atoms with Crippen molar-refractivity contribution in [2.24, 2.45) is 5.92 Å². The molecule has 0 saturated carbocycles. The molecular weight excluding hydrogens is 247 g/mol. The first-order chi connectivity index (χ1) is 9.11. The quantitative estimate of drug-likeness (QED) is 0.873. The van der Waals surface area contributed by atoms with Crippen LogP contribution in [0, 0.1) is 11.7 Å².